The van der Waals surface area contributed by atoms with E-state index in [9.17, 15) is 4.79 Å². The standard InChI is InChI=1S/C28H30N2O3/c1-32-25-15-13-22(26(21-25)33-2)14-16-27(31)29-17-19-30(20-18-29)28(23-9-5-3-6-10-23)24-11-7-4-8-12-24/h3-16,21,28H,17-20H2,1-2H3/b16-14-. The number of methoxy groups -OCH3 is 2. The molecular weight excluding hydrogens is 412 g/mol. The molecule has 3 aromatic rings. The molecule has 33 heavy (non-hydrogen) atoms. The Kier molecular flexibility index (Phi) is 7.43. The molecule has 1 aliphatic rings. The molecule has 170 valence electrons. The third kappa shape index (κ3) is 5.44. The number of carbonyl (C=O) groups excluding carboxylic acids is 1. The number of nitrogens with zero attached hydrogens (tertiary/aromatic N) is 2. The van der Waals surface area contributed by atoms with Crippen molar-refractivity contribution in [2.75, 3.05) is 40.4 Å². The van der Waals surface area contributed by atoms with Gasteiger partial charge < -0.3 is 14.4 Å². The van der Waals surface area contributed by atoms with Crippen LogP contribution in [0.2, 0.25) is 0 Å². The molecule has 0 saturated carbocycles. The van der Waals surface area contributed by atoms with Crippen molar-refractivity contribution in [2.24, 2.45) is 0 Å². The van der Waals surface area contributed by atoms with Gasteiger partial charge in [0.15, 0.2) is 0 Å². The predicted octanol–water partition coefficient (Wildman–Crippen LogP) is 4.65. The lowest BCUT2D eigenvalue weighted by Crippen LogP contribution is -2.49. The van der Waals surface area contributed by atoms with Crippen molar-refractivity contribution >= 4 is 12.0 Å². The van der Waals surface area contributed by atoms with E-state index in [-0.39, 0.29) is 11.9 Å². The van der Waals surface area contributed by atoms with Crippen molar-refractivity contribution in [2.45, 2.75) is 6.04 Å². The van der Waals surface area contributed by atoms with Crippen LogP contribution in [0.25, 0.3) is 6.08 Å². The first-order valence-electron chi connectivity index (χ1n) is 11.2. The highest BCUT2D eigenvalue weighted by atomic mass is 16.5. The molecule has 0 bridgehead atoms. The number of ether oxygens (including phenoxy) is 2. The molecule has 0 atom stereocenters. The minimum absolute atomic E-state index is 0.0171. The van der Waals surface area contributed by atoms with E-state index in [1.807, 2.05) is 41.3 Å². The van der Waals surface area contributed by atoms with Gasteiger partial charge in [0.05, 0.1) is 20.3 Å². The molecule has 4 rings (SSSR count). The summed E-state index contributed by atoms with van der Waals surface area (Å²) in [6.07, 6.45) is 3.44. The molecule has 0 N–H and O–H groups in total. The Morgan fingerprint density at radius 1 is 0.818 bits per heavy atom. The first-order valence-corrected chi connectivity index (χ1v) is 11.2. The maximum atomic E-state index is 12.9. The minimum atomic E-state index is 0.0171. The predicted molar refractivity (Wildman–Crippen MR) is 131 cm³/mol. The molecule has 0 aliphatic carbocycles. The van der Waals surface area contributed by atoms with Crippen LogP contribution in [0.4, 0.5) is 0 Å². The molecule has 0 radical (unpaired) electrons. The second-order valence-electron chi connectivity index (χ2n) is 8.03. The highest BCUT2D eigenvalue weighted by Crippen LogP contribution is 2.30. The number of hydrogen-bond donors (Lipinski definition) is 0. The van der Waals surface area contributed by atoms with Crippen molar-refractivity contribution in [1.82, 2.24) is 9.80 Å². The second-order valence-corrected chi connectivity index (χ2v) is 8.03. The van der Waals surface area contributed by atoms with E-state index in [1.165, 1.54) is 11.1 Å². The molecule has 0 unspecified atom stereocenters. The van der Waals surface area contributed by atoms with Crippen molar-refractivity contribution < 1.29 is 14.3 Å². The van der Waals surface area contributed by atoms with Gasteiger partial charge in [0.1, 0.15) is 11.5 Å². The van der Waals surface area contributed by atoms with Gasteiger partial charge in [-0.25, -0.2) is 0 Å². The molecule has 3 aromatic carbocycles. The van der Waals surface area contributed by atoms with Gasteiger partial charge in [-0.1, -0.05) is 60.7 Å². The summed E-state index contributed by atoms with van der Waals surface area (Å²) in [5, 5.41) is 0. The average Bonchev–Trinajstić information content (AvgIpc) is 2.89. The first kappa shape index (κ1) is 22.6. The zero-order valence-corrected chi connectivity index (χ0v) is 19.2. The van der Waals surface area contributed by atoms with E-state index in [2.05, 4.69) is 53.4 Å². The van der Waals surface area contributed by atoms with Crippen LogP contribution in [0.5, 0.6) is 11.5 Å². The molecule has 1 heterocycles. The van der Waals surface area contributed by atoms with Crippen molar-refractivity contribution in [3.05, 3.63) is 102 Å². The third-order valence-corrected chi connectivity index (χ3v) is 6.07. The summed E-state index contributed by atoms with van der Waals surface area (Å²) in [5.74, 6) is 1.41. The third-order valence-electron chi connectivity index (χ3n) is 6.07. The van der Waals surface area contributed by atoms with Crippen molar-refractivity contribution in [3.63, 3.8) is 0 Å². The monoisotopic (exact) mass is 442 g/mol. The maximum Gasteiger partial charge on any atom is 0.246 e. The Morgan fingerprint density at radius 2 is 1.42 bits per heavy atom. The van der Waals surface area contributed by atoms with Gasteiger partial charge in [0.25, 0.3) is 0 Å². The van der Waals surface area contributed by atoms with Gasteiger partial charge in [-0.3, -0.25) is 9.69 Å². The average molecular weight is 443 g/mol. The summed E-state index contributed by atoms with van der Waals surface area (Å²) in [6, 6.07) is 26.9. The molecule has 1 fully saturated rings. The van der Waals surface area contributed by atoms with Crippen LogP contribution in [0, 0.1) is 0 Å². The minimum Gasteiger partial charge on any atom is -0.497 e. The number of piperazine rings is 1. The van der Waals surface area contributed by atoms with E-state index < -0.39 is 0 Å². The lowest BCUT2D eigenvalue weighted by atomic mass is 9.96. The van der Waals surface area contributed by atoms with Gasteiger partial charge in [0, 0.05) is 43.9 Å². The summed E-state index contributed by atoms with van der Waals surface area (Å²) < 4.78 is 10.7. The molecule has 1 saturated heterocycles. The number of amides is 1. The quantitative estimate of drug-likeness (QED) is 0.500. The Bertz CT molecular complexity index is 1040. The number of carbonyl (C=O) groups is 1. The van der Waals surface area contributed by atoms with Crippen molar-refractivity contribution in [1.29, 1.82) is 0 Å². The first-order chi connectivity index (χ1) is 16.2. The van der Waals surface area contributed by atoms with Crippen LogP contribution in [0.3, 0.4) is 0 Å². The van der Waals surface area contributed by atoms with E-state index in [0.717, 1.165) is 24.4 Å². The highest BCUT2D eigenvalue weighted by Gasteiger charge is 2.27. The molecule has 0 aromatic heterocycles. The molecular formula is C28H30N2O3. The molecule has 1 amide bonds. The lowest BCUT2D eigenvalue weighted by Gasteiger charge is -2.39. The lowest BCUT2D eigenvalue weighted by molar-refractivity contribution is -0.127. The van der Waals surface area contributed by atoms with Crippen LogP contribution in [-0.2, 0) is 4.79 Å². The van der Waals surface area contributed by atoms with Gasteiger partial charge in [0.2, 0.25) is 5.91 Å². The Hall–Kier alpha value is -3.57. The van der Waals surface area contributed by atoms with Crippen LogP contribution in [-0.4, -0.2) is 56.1 Å². The molecule has 0 spiro atoms. The second kappa shape index (κ2) is 10.8. The molecule has 1 aliphatic heterocycles. The van der Waals surface area contributed by atoms with Crippen LogP contribution in [0.1, 0.15) is 22.7 Å². The Labute approximate surface area is 195 Å². The fourth-order valence-corrected chi connectivity index (χ4v) is 4.31. The Morgan fingerprint density at radius 3 is 1.97 bits per heavy atom. The van der Waals surface area contributed by atoms with Crippen LogP contribution < -0.4 is 9.47 Å². The highest BCUT2D eigenvalue weighted by molar-refractivity contribution is 5.92. The smallest absolute Gasteiger partial charge is 0.246 e. The summed E-state index contributed by atoms with van der Waals surface area (Å²) in [7, 11) is 3.23. The van der Waals surface area contributed by atoms with Gasteiger partial charge >= 0.3 is 0 Å². The van der Waals surface area contributed by atoms with E-state index in [4.69, 9.17) is 9.47 Å². The SMILES string of the molecule is COc1ccc(/C=C\C(=O)N2CCN(C(c3ccccc3)c3ccccc3)CC2)c(OC)c1. The summed E-state index contributed by atoms with van der Waals surface area (Å²) in [6.45, 7) is 3.03. The maximum absolute atomic E-state index is 12.9. The topological polar surface area (TPSA) is 42.0 Å². The largest absolute Gasteiger partial charge is 0.497 e. The van der Waals surface area contributed by atoms with Crippen molar-refractivity contribution in [3.8, 4) is 11.5 Å². The van der Waals surface area contributed by atoms with E-state index >= 15 is 0 Å². The van der Waals surface area contributed by atoms with Gasteiger partial charge in [-0.05, 0) is 29.3 Å². The number of hydrogen-bond acceptors (Lipinski definition) is 4. The fraction of sp³-hybridized carbons (Fsp3) is 0.250. The van der Waals surface area contributed by atoms with Crippen LogP contribution in [0.15, 0.2) is 84.9 Å². The normalized spacial score (nSPS) is 14.6. The van der Waals surface area contributed by atoms with Crippen LogP contribution >= 0.6 is 0 Å². The Balaban J connectivity index is 1.43. The van der Waals surface area contributed by atoms with Gasteiger partial charge in [-0.15, -0.1) is 0 Å². The fourth-order valence-electron chi connectivity index (χ4n) is 4.31. The zero-order valence-electron chi connectivity index (χ0n) is 19.2. The molecule has 5 heteroatoms. The summed E-state index contributed by atoms with van der Waals surface area (Å²) >= 11 is 0. The van der Waals surface area contributed by atoms with Gasteiger partial charge in [-0.2, -0.15) is 0 Å². The van der Waals surface area contributed by atoms with E-state index in [0.29, 0.717) is 18.8 Å². The summed E-state index contributed by atoms with van der Waals surface area (Å²) in [4.78, 5) is 17.2. The number of benzene rings is 3. The van der Waals surface area contributed by atoms with E-state index in [1.54, 1.807) is 20.3 Å². The number of rotatable bonds is 7. The zero-order chi connectivity index (χ0) is 23.0. The molecule has 5 nitrogen and oxygen atoms in total. The summed E-state index contributed by atoms with van der Waals surface area (Å²) in [5.41, 5.74) is 3.39.